The molecule has 0 aromatic heterocycles. The van der Waals surface area contributed by atoms with Crippen LogP contribution in [0.2, 0.25) is 0 Å². The van der Waals surface area contributed by atoms with E-state index in [1.54, 1.807) is 19.2 Å². The van der Waals surface area contributed by atoms with Gasteiger partial charge in [-0.25, -0.2) is 4.39 Å². The van der Waals surface area contributed by atoms with E-state index in [1.165, 1.54) is 17.7 Å². The van der Waals surface area contributed by atoms with Gasteiger partial charge in [-0.3, -0.25) is 9.69 Å². The maximum absolute atomic E-state index is 12.9. The summed E-state index contributed by atoms with van der Waals surface area (Å²) in [6, 6.07) is 16.4. The summed E-state index contributed by atoms with van der Waals surface area (Å²) in [7, 11) is 3.59. The second-order valence-corrected chi connectivity index (χ2v) is 6.12. The van der Waals surface area contributed by atoms with Crippen LogP contribution in [0.15, 0.2) is 54.6 Å². The van der Waals surface area contributed by atoms with E-state index in [0.29, 0.717) is 13.2 Å². The summed E-state index contributed by atoms with van der Waals surface area (Å²) >= 11 is 0. The van der Waals surface area contributed by atoms with Gasteiger partial charge in [-0.2, -0.15) is 0 Å². The molecule has 0 spiro atoms. The van der Waals surface area contributed by atoms with Gasteiger partial charge in [-0.1, -0.05) is 42.5 Å². The third-order valence-electron chi connectivity index (χ3n) is 4.09. The van der Waals surface area contributed by atoms with Gasteiger partial charge in [-0.15, -0.1) is 0 Å². The van der Waals surface area contributed by atoms with Crippen molar-refractivity contribution in [2.75, 3.05) is 27.3 Å². The van der Waals surface area contributed by atoms with Crippen molar-refractivity contribution in [2.45, 2.75) is 19.0 Å². The highest BCUT2D eigenvalue weighted by atomic mass is 19.1. The van der Waals surface area contributed by atoms with Gasteiger partial charge in [0.25, 0.3) is 0 Å². The van der Waals surface area contributed by atoms with Crippen molar-refractivity contribution in [3.05, 3.63) is 71.5 Å². The highest BCUT2D eigenvalue weighted by Crippen LogP contribution is 2.08. The number of methoxy groups -OCH3 is 1. The number of likely N-dealkylation sites (N-methyl/N-ethyl adjacent to an activating group) is 1. The minimum absolute atomic E-state index is 0.0685. The molecule has 5 heteroatoms. The van der Waals surface area contributed by atoms with E-state index in [0.717, 1.165) is 12.0 Å². The van der Waals surface area contributed by atoms with Crippen molar-refractivity contribution >= 4 is 5.91 Å². The minimum Gasteiger partial charge on any atom is -0.383 e. The molecule has 2 aromatic rings. The lowest BCUT2D eigenvalue weighted by molar-refractivity contribution is -0.122. The molecule has 1 atom stereocenters. The summed E-state index contributed by atoms with van der Waals surface area (Å²) in [6.45, 7) is 1.22. The molecule has 0 aliphatic heterocycles. The first-order valence-electron chi connectivity index (χ1n) is 8.32. The molecule has 1 amide bonds. The number of carbonyl (C=O) groups excluding carboxylic acids is 1. The van der Waals surface area contributed by atoms with E-state index < -0.39 is 0 Å². The monoisotopic (exact) mass is 344 g/mol. The molecule has 2 aromatic carbocycles. The summed E-state index contributed by atoms with van der Waals surface area (Å²) in [5, 5.41) is 2.87. The Balaban J connectivity index is 1.85. The van der Waals surface area contributed by atoms with Crippen molar-refractivity contribution < 1.29 is 13.9 Å². The second-order valence-electron chi connectivity index (χ2n) is 6.12. The predicted molar refractivity (Wildman–Crippen MR) is 96.7 cm³/mol. The van der Waals surface area contributed by atoms with Crippen LogP contribution >= 0.6 is 0 Å². The Bertz CT molecular complexity index is 647. The first-order chi connectivity index (χ1) is 12.1. The van der Waals surface area contributed by atoms with Crippen molar-refractivity contribution in [3.63, 3.8) is 0 Å². The van der Waals surface area contributed by atoms with E-state index in [-0.39, 0.29) is 24.3 Å². The lowest BCUT2D eigenvalue weighted by Crippen LogP contribution is -2.43. The molecular formula is C20H25FN2O2. The summed E-state index contributed by atoms with van der Waals surface area (Å²) in [6.07, 6.45) is 0.816. The van der Waals surface area contributed by atoms with Gasteiger partial charge in [0.15, 0.2) is 0 Å². The molecule has 0 unspecified atom stereocenters. The Labute approximate surface area is 148 Å². The van der Waals surface area contributed by atoms with Gasteiger partial charge in [0.1, 0.15) is 5.82 Å². The zero-order valence-corrected chi connectivity index (χ0v) is 14.7. The summed E-state index contributed by atoms with van der Waals surface area (Å²) in [4.78, 5) is 14.2. The van der Waals surface area contributed by atoms with Crippen LogP contribution in [0.5, 0.6) is 0 Å². The van der Waals surface area contributed by atoms with Gasteiger partial charge in [0.05, 0.1) is 13.2 Å². The van der Waals surface area contributed by atoms with E-state index >= 15 is 0 Å². The Kier molecular flexibility index (Phi) is 7.57. The third kappa shape index (κ3) is 6.64. The molecule has 134 valence electrons. The topological polar surface area (TPSA) is 41.6 Å². The summed E-state index contributed by atoms with van der Waals surface area (Å²) in [5.41, 5.74) is 2.08. The van der Waals surface area contributed by atoms with Crippen molar-refractivity contribution in [1.82, 2.24) is 10.2 Å². The van der Waals surface area contributed by atoms with Gasteiger partial charge in [0.2, 0.25) is 5.91 Å². The Hall–Kier alpha value is -2.24. The first-order valence-corrected chi connectivity index (χ1v) is 8.32. The molecule has 1 N–H and O–H groups in total. The molecule has 0 aliphatic carbocycles. The van der Waals surface area contributed by atoms with Crippen LogP contribution in [0.3, 0.4) is 0 Å². The standard InChI is InChI=1S/C20H25FN2O2/c1-23(19(15-25-2)12-16-6-4-3-5-7-16)14-20(24)22-13-17-8-10-18(21)11-9-17/h3-11,19H,12-15H2,1-2H3,(H,22,24)/t19-/m0/s1. The molecule has 0 saturated carbocycles. The van der Waals surface area contributed by atoms with Crippen molar-refractivity contribution in [1.29, 1.82) is 0 Å². The number of nitrogens with zero attached hydrogens (tertiary/aromatic N) is 1. The Morgan fingerprint density at radius 1 is 1.12 bits per heavy atom. The number of hydrogen-bond acceptors (Lipinski definition) is 3. The molecule has 25 heavy (non-hydrogen) atoms. The Morgan fingerprint density at radius 3 is 2.44 bits per heavy atom. The smallest absolute Gasteiger partial charge is 0.234 e. The van der Waals surface area contributed by atoms with E-state index in [1.807, 2.05) is 30.1 Å². The number of ether oxygens (including phenoxy) is 1. The van der Waals surface area contributed by atoms with Crippen LogP contribution in [-0.4, -0.2) is 44.2 Å². The molecule has 0 fully saturated rings. The minimum atomic E-state index is -0.280. The number of nitrogens with one attached hydrogen (secondary N) is 1. The van der Waals surface area contributed by atoms with Gasteiger partial charge < -0.3 is 10.1 Å². The molecule has 0 bridgehead atoms. The molecule has 0 heterocycles. The second kappa shape index (κ2) is 9.91. The third-order valence-corrected chi connectivity index (χ3v) is 4.09. The van der Waals surface area contributed by atoms with E-state index in [4.69, 9.17) is 4.74 Å². The molecule has 0 saturated heterocycles. The fraction of sp³-hybridized carbons (Fsp3) is 0.350. The summed E-state index contributed by atoms with van der Waals surface area (Å²) in [5.74, 6) is -0.348. The molecular weight excluding hydrogens is 319 g/mol. The number of rotatable bonds is 9. The average molecular weight is 344 g/mol. The number of amides is 1. The zero-order valence-electron chi connectivity index (χ0n) is 14.7. The SMILES string of the molecule is COC[C@H](Cc1ccccc1)N(C)CC(=O)NCc1ccc(F)cc1. The molecule has 0 aliphatic rings. The van der Waals surface area contributed by atoms with E-state index in [2.05, 4.69) is 17.4 Å². The number of benzene rings is 2. The maximum atomic E-state index is 12.9. The maximum Gasteiger partial charge on any atom is 0.234 e. The van der Waals surface area contributed by atoms with E-state index in [9.17, 15) is 9.18 Å². The lowest BCUT2D eigenvalue weighted by Gasteiger charge is -2.27. The van der Waals surface area contributed by atoms with Gasteiger partial charge in [-0.05, 0) is 36.7 Å². The highest BCUT2D eigenvalue weighted by Gasteiger charge is 2.18. The summed E-state index contributed by atoms with van der Waals surface area (Å²) < 4.78 is 18.2. The predicted octanol–water partition coefficient (Wildman–Crippen LogP) is 2.63. The van der Waals surface area contributed by atoms with Crippen LogP contribution < -0.4 is 5.32 Å². The fourth-order valence-electron chi connectivity index (χ4n) is 2.63. The van der Waals surface area contributed by atoms with Gasteiger partial charge in [0, 0.05) is 19.7 Å². The van der Waals surface area contributed by atoms with Crippen LogP contribution in [0.4, 0.5) is 4.39 Å². The first kappa shape index (κ1) is 19.1. The Morgan fingerprint density at radius 2 is 1.80 bits per heavy atom. The fourth-order valence-corrected chi connectivity index (χ4v) is 2.63. The number of carbonyl (C=O) groups is 1. The van der Waals surface area contributed by atoms with Crippen LogP contribution in [0.25, 0.3) is 0 Å². The van der Waals surface area contributed by atoms with Crippen molar-refractivity contribution in [3.8, 4) is 0 Å². The largest absolute Gasteiger partial charge is 0.383 e. The number of halogens is 1. The van der Waals surface area contributed by atoms with Crippen LogP contribution in [0, 0.1) is 5.82 Å². The number of hydrogen-bond donors (Lipinski definition) is 1. The van der Waals surface area contributed by atoms with Crippen LogP contribution in [0.1, 0.15) is 11.1 Å². The van der Waals surface area contributed by atoms with Crippen molar-refractivity contribution in [2.24, 2.45) is 0 Å². The normalized spacial score (nSPS) is 12.2. The molecule has 0 radical (unpaired) electrons. The highest BCUT2D eigenvalue weighted by molar-refractivity contribution is 5.78. The molecule has 4 nitrogen and oxygen atoms in total. The van der Waals surface area contributed by atoms with Crippen LogP contribution in [-0.2, 0) is 22.5 Å². The zero-order chi connectivity index (χ0) is 18.1. The lowest BCUT2D eigenvalue weighted by atomic mass is 10.1. The average Bonchev–Trinajstić information content (AvgIpc) is 2.62. The quantitative estimate of drug-likeness (QED) is 0.760. The van der Waals surface area contributed by atoms with Gasteiger partial charge >= 0.3 is 0 Å². The molecule has 2 rings (SSSR count).